The first-order chi connectivity index (χ1) is 7.45. The van der Waals surface area contributed by atoms with Gasteiger partial charge in [-0.25, -0.2) is 0 Å². The van der Waals surface area contributed by atoms with Gasteiger partial charge in [-0.1, -0.05) is 42.5 Å². The Hall–Kier alpha value is -1.34. The lowest BCUT2D eigenvalue weighted by Crippen LogP contribution is -1.97. The lowest BCUT2D eigenvalue weighted by Gasteiger charge is -2.11. The van der Waals surface area contributed by atoms with Crippen LogP contribution in [0.3, 0.4) is 0 Å². The summed E-state index contributed by atoms with van der Waals surface area (Å²) in [6, 6.07) is 14.9. The topological polar surface area (TPSA) is 9.23 Å². The van der Waals surface area contributed by atoms with Crippen molar-refractivity contribution < 1.29 is 4.74 Å². The molecule has 0 aromatic heterocycles. The smallest absolute Gasteiger partial charge is 0.127 e. The van der Waals surface area contributed by atoms with Gasteiger partial charge in [0.2, 0.25) is 0 Å². The van der Waals surface area contributed by atoms with Crippen LogP contribution >= 0.6 is 0 Å². The third-order valence-corrected chi connectivity index (χ3v) is 2.91. The predicted octanol–water partition coefficient (Wildman–Crippen LogP) is 3.53. The zero-order valence-electron chi connectivity index (χ0n) is 8.57. The van der Waals surface area contributed by atoms with Crippen LogP contribution < -0.4 is 0 Å². The molecule has 1 fully saturated rings. The van der Waals surface area contributed by atoms with Gasteiger partial charge in [-0.3, -0.25) is 0 Å². The molecule has 3 rings (SSSR count). The van der Waals surface area contributed by atoms with Crippen molar-refractivity contribution in [3.8, 4) is 0 Å². The van der Waals surface area contributed by atoms with E-state index in [2.05, 4.69) is 42.5 Å². The van der Waals surface area contributed by atoms with E-state index in [1.807, 2.05) is 0 Å². The number of hydrogen-bond donors (Lipinski definition) is 0. The van der Waals surface area contributed by atoms with Crippen molar-refractivity contribution >= 4 is 10.8 Å². The summed E-state index contributed by atoms with van der Waals surface area (Å²) in [6.45, 7) is 0.874. The van der Waals surface area contributed by atoms with Gasteiger partial charge in [0.05, 0.1) is 0 Å². The van der Waals surface area contributed by atoms with Crippen LogP contribution in [0.2, 0.25) is 0 Å². The van der Waals surface area contributed by atoms with Crippen molar-refractivity contribution in [1.29, 1.82) is 0 Å². The third-order valence-electron chi connectivity index (χ3n) is 2.91. The van der Waals surface area contributed by atoms with Crippen LogP contribution in [0.1, 0.15) is 18.4 Å². The summed E-state index contributed by atoms with van der Waals surface area (Å²) in [5, 5.41) is 2.59. The Bertz CT molecular complexity index is 464. The fourth-order valence-electron chi connectivity index (χ4n) is 2.18. The van der Waals surface area contributed by atoms with Gasteiger partial charge in [-0.15, -0.1) is 0 Å². The quantitative estimate of drug-likeness (QED) is 0.679. The number of benzene rings is 2. The monoisotopic (exact) mass is 197 g/mol. The Morgan fingerprint density at radius 2 is 1.80 bits per heavy atom. The molecule has 2 aromatic rings. The molecule has 1 saturated heterocycles. The van der Waals surface area contributed by atoms with E-state index < -0.39 is 0 Å². The summed E-state index contributed by atoms with van der Waals surface area (Å²) < 4.78 is 5.66. The summed E-state index contributed by atoms with van der Waals surface area (Å²) in [7, 11) is 0. The average Bonchev–Trinajstić information content (AvgIpc) is 2.82. The largest absolute Gasteiger partial charge is 0.367 e. The van der Waals surface area contributed by atoms with Gasteiger partial charge >= 0.3 is 0 Å². The van der Waals surface area contributed by atoms with Crippen LogP contribution in [-0.2, 0) is 4.74 Å². The molecule has 0 N–H and O–H groups in total. The van der Waals surface area contributed by atoms with Crippen LogP contribution in [0, 0.1) is 6.10 Å². The fourth-order valence-corrected chi connectivity index (χ4v) is 2.18. The Labute approximate surface area is 89.7 Å². The highest BCUT2D eigenvalue weighted by molar-refractivity contribution is 5.87. The third kappa shape index (κ3) is 1.53. The van der Waals surface area contributed by atoms with Gasteiger partial charge in [0, 0.05) is 6.61 Å². The van der Waals surface area contributed by atoms with Crippen LogP contribution in [-0.4, -0.2) is 6.61 Å². The van der Waals surface area contributed by atoms with Crippen molar-refractivity contribution in [2.75, 3.05) is 6.61 Å². The zero-order chi connectivity index (χ0) is 10.1. The highest BCUT2D eigenvalue weighted by atomic mass is 16.5. The van der Waals surface area contributed by atoms with E-state index in [-0.39, 0.29) is 0 Å². The van der Waals surface area contributed by atoms with Crippen LogP contribution in [0.25, 0.3) is 10.8 Å². The first kappa shape index (κ1) is 8.93. The lowest BCUT2D eigenvalue weighted by atomic mass is 9.99. The molecule has 0 bridgehead atoms. The predicted molar refractivity (Wildman–Crippen MR) is 61.5 cm³/mol. The van der Waals surface area contributed by atoms with Gasteiger partial charge in [-0.05, 0) is 29.2 Å². The van der Waals surface area contributed by atoms with E-state index in [0.29, 0.717) is 0 Å². The summed E-state index contributed by atoms with van der Waals surface area (Å²) in [6.07, 6.45) is 3.39. The SMILES string of the molecule is c1ccc2c([C]3CCCO3)cccc2c1. The molecule has 0 atom stereocenters. The molecule has 1 aliphatic rings. The molecule has 0 saturated carbocycles. The Kier molecular flexibility index (Phi) is 2.18. The second-order valence-corrected chi connectivity index (χ2v) is 3.90. The molecule has 15 heavy (non-hydrogen) atoms. The zero-order valence-corrected chi connectivity index (χ0v) is 8.57. The van der Waals surface area contributed by atoms with Gasteiger partial charge in [0.1, 0.15) is 6.10 Å². The van der Waals surface area contributed by atoms with Crippen molar-refractivity contribution in [2.45, 2.75) is 12.8 Å². The molecule has 0 amide bonds. The molecule has 1 nitrogen and oxygen atoms in total. The molecule has 0 aliphatic carbocycles. The fraction of sp³-hybridized carbons (Fsp3) is 0.214. The molecule has 1 heteroatoms. The molecular weight excluding hydrogens is 184 g/mol. The summed E-state index contributed by atoms with van der Waals surface area (Å²) in [5.41, 5.74) is 1.27. The van der Waals surface area contributed by atoms with Crippen LogP contribution in [0.15, 0.2) is 42.5 Å². The minimum atomic E-state index is 0.874. The molecular formula is C14H13O. The first-order valence-electron chi connectivity index (χ1n) is 5.42. The van der Waals surface area contributed by atoms with Crippen LogP contribution in [0.4, 0.5) is 0 Å². The maximum absolute atomic E-state index is 5.66. The van der Waals surface area contributed by atoms with E-state index in [1.54, 1.807) is 0 Å². The van der Waals surface area contributed by atoms with E-state index in [4.69, 9.17) is 4.74 Å². The summed E-state index contributed by atoms with van der Waals surface area (Å²) in [4.78, 5) is 0. The van der Waals surface area contributed by atoms with Crippen LogP contribution in [0.5, 0.6) is 0 Å². The maximum Gasteiger partial charge on any atom is 0.127 e. The molecule has 1 aliphatic heterocycles. The second kappa shape index (κ2) is 3.67. The summed E-state index contributed by atoms with van der Waals surface area (Å²) >= 11 is 0. The molecule has 2 aromatic carbocycles. The van der Waals surface area contributed by atoms with Crippen molar-refractivity contribution in [3.05, 3.63) is 54.1 Å². The molecule has 0 spiro atoms. The summed E-state index contributed by atoms with van der Waals surface area (Å²) in [5.74, 6) is 0. The maximum atomic E-state index is 5.66. The highest BCUT2D eigenvalue weighted by Gasteiger charge is 2.20. The number of fused-ring (bicyclic) bond motifs is 1. The van der Waals surface area contributed by atoms with Gasteiger partial charge < -0.3 is 4.74 Å². The van der Waals surface area contributed by atoms with E-state index in [0.717, 1.165) is 25.6 Å². The molecule has 75 valence electrons. The van der Waals surface area contributed by atoms with E-state index in [1.165, 1.54) is 16.3 Å². The highest BCUT2D eigenvalue weighted by Crippen LogP contribution is 2.32. The Balaban J connectivity index is 2.16. The average molecular weight is 197 g/mol. The van der Waals surface area contributed by atoms with Gasteiger partial charge in [0.25, 0.3) is 0 Å². The molecule has 1 radical (unpaired) electrons. The van der Waals surface area contributed by atoms with Crippen molar-refractivity contribution in [1.82, 2.24) is 0 Å². The minimum absolute atomic E-state index is 0.874. The van der Waals surface area contributed by atoms with E-state index >= 15 is 0 Å². The van der Waals surface area contributed by atoms with E-state index in [9.17, 15) is 0 Å². The lowest BCUT2D eigenvalue weighted by molar-refractivity contribution is 0.217. The Morgan fingerprint density at radius 1 is 0.933 bits per heavy atom. The molecule has 0 unspecified atom stereocenters. The standard InChI is InChI=1S/C14H13O/c1-2-7-12-11(5-1)6-3-8-13(12)14-9-4-10-15-14/h1-3,5-8H,4,9-10H2. The minimum Gasteiger partial charge on any atom is -0.367 e. The number of ether oxygens (including phenoxy) is 1. The first-order valence-corrected chi connectivity index (χ1v) is 5.42. The number of rotatable bonds is 1. The normalized spacial score (nSPS) is 17.3. The molecule has 1 heterocycles. The van der Waals surface area contributed by atoms with Gasteiger partial charge in [-0.2, -0.15) is 0 Å². The Morgan fingerprint density at radius 3 is 2.67 bits per heavy atom. The van der Waals surface area contributed by atoms with Crippen molar-refractivity contribution in [3.63, 3.8) is 0 Å². The second-order valence-electron chi connectivity index (χ2n) is 3.90. The van der Waals surface area contributed by atoms with Gasteiger partial charge in [0.15, 0.2) is 0 Å². The number of hydrogen-bond acceptors (Lipinski definition) is 1. The van der Waals surface area contributed by atoms with Crippen molar-refractivity contribution in [2.24, 2.45) is 0 Å².